The summed E-state index contributed by atoms with van der Waals surface area (Å²) in [5.74, 6) is -2.67. The fourth-order valence-corrected chi connectivity index (χ4v) is 6.43. The van der Waals surface area contributed by atoms with Crippen molar-refractivity contribution >= 4 is 46.5 Å². The van der Waals surface area contributed by atoms with Crippen molar-refractivity contribution in [3.63, 3.8) is 0 Å². The zero-order valence-corrected chi connectivity index (χ0v) is 33.2. The van der Waals surface area contributed by atoms with Gasteiger partial charge in [-0.05, 0) is 62.2 Å². The summed E-state index contributed by atoms with van der Waals surface area (Å²) in [5.41, 5.74) is 0.634. The number of carbonyl (C=O) groups excluding carboxylic acids is 5. The molecule has 4 N–H and O–H groups in total. The van der Waals surface area contributed by atoms with Gasteiger partial charge >= 0.3 is 18.2 Å². The summed E-state index contributed by atoms with van der Waals surface area (Å²) < 4.78 is 50.3. The first kappa shape index (κ1) is 43.5. The highest BCUT2D eigenvalue weighted by Gasteiger charge is 2.34. The third-order valence-electron chi connectivity index (χ3n) is 9.31. The Morgan fingerprint density at radius 3 is 1.71 bits per heavy atom. The number of benzene rings is 4. The van der Waals surface area contributed by atoms with Crippen LogP contribution in [0.15, 0.2) is 109 Å². The van der Waals surface area contributed by atoms with Crippen LogP contribution < -0.4 is 20.9 Å². The van der Waals surface area contributed by atoms with E-state index in [9.17, 15) is 37.1 Å². The normalized spacial score (nSPS) is 13.1. The zero-order valence-electron chi connectivity index (χ0n) is 33.2. The first-order chi connectivity index (χ1) is 27.9. The monoisotopic (exact) mass is 813 g/mol. The summed E-state index contributed by atoms with van der Waals surface area (Å²) in [5, 5.41) is 8.75. The van der Waals surface area contributed by atoms with Crippen LogP contribution in [0.3, 0.4) is 0 Å². The number of fused-ring (bicyclic) bond motifs is 1. The number of methoxy groups -OCH3 is 1. The molecule has 0 fully saturated rings. The van der Waals surface area contributed by atoms with Gasteiger partial charge in [0.1, 0.15) is 29.5 Å². The molecule has 5 rings (SSSR count). The first-order valence-electron chi connectivity index (χ1n) is 18.7. The molecule has 1 heterocycles. The van der Waals surface area contributed by atoms with Gasteiger partial charge in [0.15, 0.2) is 0 Å². The molecule has 0 aliphatic carbocycles. The maximum atomic E-state index is 14.3. The third kappa shape index (κ3) is 11.7. The summed E-state index contributed by atoms with van der Waals surface area (Å²) in [7, 11) is 2.58. The molecule has 0 unspecified atom stereocenters. The number of H-pyrrole nitrogens is 1. The highest BCUT2D eigenvalue weighted by molar-refractivity contribution is 6.07. The SMILES string of the molecule is COC(=O)[C@H](Cc1c(N(C)C(=O)c2ccc(C(F)(F)F)cc2)[nH]c2ccccc12)NC(=O)[C@H](Cc1ccccc1)NC(=O)[C@H](Cc1ccccc1)NC(=O)OC(C)(C)C. The summed E-state index contributed by atoms with van der Waals surface area (Å²) >= 11 is 0. The lowest BCUT2D eigenvalue weighted by Crippen LogP contribution is -2.57. The van der Waals surface area contributed by atoms with Crippen LogP contribution in [0.4, 0.5) is 23.8 Å². The summed E-state index contributed by atoms with van der Waals surface area (Å²) in [6.45, 7) is 5.06. The molecule has 0 radical (unpaired) electrons. The van der Waals surface area contributed by atoms with Gasteiger partial charge in [-0.2, -0.15) is 13.2 Å². The van der Waals surface area contributed by atoms with E-state index >= 15 is 0 Å². The lowest BCUT2D eigenvalue weighted by molar-refractivity contribution is -0.145. The van der Waals surface area contributed by atoms with E-state index in [1.807, 2.05) is 6.07 Å². The van der Waals surface area contributed by atoms with Crippen molar-refractivity contribution in [2.75, 3.05) is 19.1 Å². The number of halogens is 3. The number of nitrogens with one attached hydrogen (secondary N) is 4. The second-order valence-electron chi connectivity index (χ2n) is 14.9. The van der Waals surface area contributed by atoms with E-state index in [0.717, 1.165) is 36.9 Å². The average Bonchev–Trinajstić information content (AvgIpc) is 3.57. The molecule has 0 aliphatic rings. The Hall–Kier alpha value is -6.64. The summed E-state index contributed by atoms with van der Waals surface area (Å²) in [6.07, 6.45) is -5.56. The molecule has 5 aromatic rings. The Morgan fingerprint density at radius 2 is 1.19 bits per heavy atom. The molecule has 0 aliphatic heterocycles. The molecule has 1 aromatic heterocycles. The summed E-state index contributed by atoms with van der Waals surface area (Å²) in [6, 6.07) is 24.9. The molecular weight excluding hydrogens is 768 g/mol. The number of carbonyl (C=O) groups is 5. The predicted octanol–water partition coefficient (Wildman–Crippen LogP) is 6.53. The number of alkyl carbamates (subject to hydrolysis) is 1. The van der Waals surface area contributed by atoms with Crippen molar-refractivity contribution in [1.29, 1.82) is 0 Å². The van der Waals surface area contributed by atoms with Crippen LogP contribution in [0.1, 0.15) is 53.4 Å². The standard InChI is InChI=1S/C44H46F3N5O7/c1-43(2,3)59-42(57)51-35(25-28-16-10-7-11-17-28)39(54)49-34(24-27-14-8-6-9-15-27)38(53)50-36(41(56)58-5)26-32-31-18-12-13-19-33(31)48-37(32)52(4)40(55)29-20-22-30(23-21-29)44(45,46)47/h6-23,34-36,48H,24-26H2,1-5H3,(H,49,54)(H,50,53)(H,51,57)/t34-,35-,36-/m0/s1. The number of aromatic amines is 1. The number of para-hydroxylation sites is 1. The minimum Gasteiger partial charge on any atom is -0.467 e. The lowest BCUT2D eigenvalue weighted by Gasteiger charge is -2.26. The van der Waals surface area contributed by atoms with Crippen molar-refractivity contribution in [1.82, 2.24) is 20.9 Å². The molecule has 0 saturated carbocycles. The van der Waals surface area contributed by atoms with Gasteiger partial charge in [-0.3, -0.25) is 19.3 Å². The van der Waals surface area contributed by atoms with E-state index < -0.39 is 65.3 Å². The number of esters is 1. The molecule has 310 valence electrons. The number of aromatic nitrogens is 1. The number of ether oxygens (including phenoxy) is 2. The van der Waals surface area contributed by atoms with E-state index in [0.29, 0.717) is 22.0 Å². The zero-order chi connectivity index (χ0) is 42.9. The van der Waals surface area contributed by atoms with E-state index in [-0.39, 0.29) is 30.6 Å². The van der Waals surface area contributed by atoms with Crippen LogP contribution in [0.2, 0.25) is 0 Å². The van der Waals surface area contributed by atoms with Gasteiger partial charge in [-0.25, -0.2) is 9.59 Å². The minimum atomic E-state index is -4.59. The average molecular weight is 814 g/mol. The molecule has 12 nitrogen and oxygen atoms in total. The van der Waals surface area contributed by atoms with Crippen LogP contribution >= 0.6 is 0 Å². The van der Waals surface area contributed by atoms with Crippen molar-refractivity contribution in [2.24, 2.45) is 0 Å². The van der Waals surface area contributed by atoms with Gasteiger partial charge in [0.25, 0.3) is 5.91 Å². The van der Waals surface area contributed by atoms with E-state index in [2.05, 4.69) is 20.9 Å². The van der Waals surface area contributed by atoms with Crippen LogP contribution in [0.5, 0.6) is 0 Å². The fourth-order valence-electron chi connectivity index (χ4n) is 6.43. The minimum absolute atomic E-state index is 0.000492. The number of nitrogens with zero attached hydrogens (tertiary/aromatic N) is 1. The Balaban J connectivity index is 1.45. The molecule has 0 spiro atoms. The second kappa shape index (κ2) is 18.7. The molecular formula is C44H46F3N5O7. The Bertz CT molecular complexity index is 2260. The van der Waals surface area contributed by atoms with E-state index in [1.54, 1.807) is 99.6 Å². The third-order valence-corrected chi connectivity index (χ3v) is 9.31. The van der Waals surface area contributed by atoms with Crippen molar-refractivity contribution in [2.45, 2.75) is 69.9 Å². The van der Waals surface area contributed by atoms with Crippen LogP contribution in [-0.2, 0) is 49.3 Å². The smallest absolute Gasteiger partial charge is 0.416 e. The quantitative estimate of drug-likeness (QED) is 0.0929. The topological polar surface area (TPSA) is 159 Å². The lowest BCUT2D eigenvalue weighted by atomic mass is 10.0. The Kier molecular flexibility index (Phi) is 13.8. The van der Waals surface area contributed by atoms with E-state index in [4.69, 9.17) is 9.47 Å². The van der Waals surface area contributed by atoms with Crippen LogP contribution in [-0.4, -0.2) is 72.7 Å². The van der Waals surface area contributed by atoms with Gasteiger partial charge in [0, 0.05) is 48.3 Å². The van der Waals surface area contributed by atoms with Gasteiger partial charge < -0.3 is 30.4 Å². The molecule has 3 atom stereocenters. The number of hydrogen-bond donors (Lipinski definition) is 4. The highest BCUT2D eigenvalue weighted by Crippen LogP contribution is 2.32. The molecule has 4 amide bonds. The second-order valence-corrected chi connectivity index (χ2v) is 14.9. The highest BCUT2D eigenvalue weighted by atomic mass is 19.4. The van der Waals surface area contributed by atoms with Gasteiger partial charge in [0.05, 0.1) is 12.7 Å². The molecule has 4 aromatic carbocycles. The molecule has 0 bridgehead atoms. The maximum absolute atomic E-state index is 14.3. The maximum Gasteiger partial charge on any atom is 0.416 e. The van der Waals surface area contributed by atoms with Gasteiger partial charge in [-0.1, -0.05) is 78.9 Å². The Labute approximate surface area is 339 Å². The number of anilines is 1. The fraction of sp³-hybridized carbons (Fsp3) is 0.295. The number of amides is 4. The molecule has 0 saturated heterocycles. The van der Waals surface area contributed by atoms with Crippen molar-refractivity contribution in [3.05, 3.63) is 137 Å². The van der Waals surface area contributed by atoms with E-state index in [1.165, 1.54) is 11.9 Å². The van der Waals surface area contributed by atoms with Crippen molar-refractivity contribution < 1.29 is 46.6 Å². The van der Waals surface area contributed by atoms with Gasteiger partial charge in [-0.15, -0.1) is 0 Å². The van der Waals surface area contributed by atoms with Crippen molar-refractivity contribution in [3.8, 4) is 0 Å². The molecule has 59 heavy (non-hydrogen) atoms. The largest absolute Gasteiger partial charge is 0.467 e. The Morgan fingerprint density at radius 1 is 0.678 bits per heavy atom. The van der Waals surface area contributed by atoms with Crippen LogP contribution in [0.25, 0.3) is 10.9 Å². The number of rotatable bonds is 14. The number of hydrogen-bond acceptors (Lipinski definition) is 7. The molecule has 15 heteroatoms. The predicted molar refractivity (Wildman–Crippen MR) is 216 cm³/mol. The summed E-state index contributed by atoms with van der Waals surface area (Å²) in [4.78, 5) is 72.7. The first-order valence-corrected chi connectivity index (χ1v) is 18.7. The number of alkyl halides is 3. The van der Waals surface area contributed by atoms with Gasteiger partial charge in [0.2, 0.25) is 11.8 Å². The van der Waals surface area contributed by atoms with Crippen LogP contribution in [0, 0.1) is 0 Å².